The molecule has 0 aromatic rings. The first-order valence-corrected chi connectivity index (χ1v) is 5.97. The zero-order valence-electron chi connectivity index (χ0n) is 9.59. The fourth-order valence-corrected chi connectivity index (χ4v) is 2.30. The summed E-state index contributed by atoms with van der Waals surface area (Å²) in [6.45, 7) is 6.43. The van der Waals surface area contributed by atoms with E-state index in [1.54, 1.807) is 6.92 Å². The highest BCUT2D eigenvalue weighted by atomic mass is 16.1. The molecule has 1 saturated heterocycles. The van der Waals surface area contributed by atoms with Gasteiger partial charge in [0, 0.05) is 12.5 Å². The number of carbonyl (C=O) groups is 1. The molecule has 0 N–H and O–H groups in total. The lowest BCUT2D eigenvalue weighted by atomic mass is 10.0. The zero-order chi connectivity index (χ0) is 10.4. The Labute approximate surface area is 87.7 Å². The van der Waals surface area contributed by atoms with Gasteiger partial charge in [0.15, 0.2) is 0 Å². The van der Waals surface area contributed by atoms with Crippen LogP contribution in [0.15, 0.2) is 0 Å². The maximum absolute atomic E-state index is 10.9. The van der Waals surface area contributed by atoms with Gasteiger partial charge in [-0.2, -0.15) is 0 Å². The van der Waals surface area contributed by atoms with Crippen molar-refractivity contribution in [2.45, 2.75) is 58.4 Å². The highest BCUT2D eigenvalue weighted by molar-refractivity contribution is 5.75. The predicted octanol–water partition coefficient (Wildman–Crippen LogP) is 2.62. The molecule has 2 heteroatoms. The molecule has 0 aromatic carbocycles. The Morgan fingerprint density at radius 2 is 1.93 bits per heavy atom. The lowest BCUT2D eigenvalue weighted by Gasteiger charge is -2.34. The van der Waals surface area contributed by atoms with Gasteiger partial charge >= 0.3 is 0 Å². The normalized spacial score (nSPS) is 20.7. The number of Topliss-reactive ketones (excluding diaryl/α,β-unsaturated/α-hetero) is 1. The van der Waals surface area contributed by atoms with Gasteiger partial charge in [-0.05, 0) is 45.7 Å². The summed E-state index contributed by atoms with van der Waals surface area (Å²) in [6, 6.07) is 0.652. The average molecular weight is 197 g/mol. The quantitative estimate of drug-likeness (QED) is 0.675. The number of rotatable bonds is 5. The summed E-state index contributed by atoms with van der Waals surface area (Å²) in [5, 5.41) is 0. The summed E-state index contributed by atoms with van der Waals surface area (Å²) in [7, 11) is 0. The molecule has 1 fully saturated rings. The molecule has 1 rings (SSSR count). The number of ketones is 1. The second-order valence-electron chi connectivity index (χ2n) is 4.40. The van der Waals surface area contributed by atoms with Crippen molar-refractivity contribution in [3.05, 3.63) is 0 Å². The van der Waals surface area contributed by atoms with Gasteiger partial charge in [0.25, 0.3) is 0 Å². The molecule has 0 radical (unpaired) electrons. The third kappa shape index (κ3) is 3.79. The van der Waals surface area contributed by atoms with Crippen LogP contribution in [-0.4, -0.2) is 29.8 Å². The van der Waals surface area contributed by atoms with Crippen LogP contribution in [0.25, 0.3) is 0 Å². The molecule has 1 heterocycles. The third-order valence-corrected chi connectivity index (χ3v) is 3.21. The summed E-state index contributed by atoms with van der Waals surface area (Å²) >= 11 is 0. The van der Waals surface area contributed by atoms with Crippen molar-refractivity contribution in [1.29, 1.82) is 0 Å². The van der Waals surface area contributed by atoms with E-state index in [1.165, 1.54) is 38.8 Å². The van der Waals surface area contributed by atoms with E-state index in [0.29, 0.717) is 11.8 Å². The van der Waals surface area contributed by atoms with Crippen molar-refractivity contribution in [2.75, 3.05) is 13.1 Å². The molecule has 1 aliphatic rings. The number of likely N-dealkylation sites (tertiary alicyclic amines) is 1. The van der Waals surface area contributed by atoms with Crippen molar-refractivity contribution in [3.8, 4) is 0 Å². The van der Waals surface area contributed by atoms with Crippen LogP contribution in [0.1, 0.15) is 52.4 Å². The monoisotopic (exact) mass is 197 g/mol. The highest BCUT2D eigenvalue weighted by Crippen LogP contribution is 2.17. The lowest BCUT2D eigenvalue weighted by molar-refractivity contribution is -0.117. The summed E-state index contributed by atoms with van der Waals surface area (Å²) < 4.78 is 0. The molecule has 2 nitrogen and oxygen atoms in total. The van der Waals surface area contributed by atoms with E-state index in [4.69, 9.17) is 0 Å². The van der Waals surface area contributed by atoms with E-state index in [0.717, 1.165) is 12.8 Å². The van der Waals surface area contributed by atoms with Crippen molar-refractivity contribution in [2.24, 2.45) is 0 Å². The van der Waals surface area contributed by atoms with E-state index in [2.05, 4.69) is 11.8 Å². The molecule has 0 aromatic heterocycles. The molecule has 0 saturated carbocycles. The van der Waals surface area contributed by atoms with Crippen LogP contribution in [0, 0.1) is 0 Å². The van der Waals surface area contributed by atoms with Gasteiger partial charge in [-0.25, -0.2) is 0 Å². The average Bonchev–Trinajstić information content (AvgIpc) is 2.20. The molecule has 1 unspecified atom stereocenters. The van der Waals surface area contributed by atoms with Crippen LogP contribution in [0.4, 0.5) is 0 Å². The fraction of sp³-hybridized carbons (Fsp3) is 0.917. The molecule has 0 amide bonds. The largest absolute Gasteiger partial charge is 0.300 e. The molecule has 0 bridgehead atoms. The second kappa shape index (κ2) is 6.18. The number of hydrogen-bond donors (Lipinski definition) is 0. The van der Waals surface area contributed by atoms with Crippen LogP contribution < -0.4 is 0 Å². The number of hydrogen-bond acceptors (Lipinski definition) is 2. The van der Waals surface area contributed by atoms with Crippen LogP contribution in [0.2, 0.25) is 0 Å². The smallest absolute Gasteiger partial charge is 0.129 e. The third-order valence-electron chi connectivity index (χ3n) is 3.21. The van der Waals surface area contributed by atoms with Crippen molar-refractivity contribution in [3.63, 3.8) is 0 Å². The van der Waals surface area contributed by atoms with Crippen molar-refractivity contribution in [1.82, 2.24) is 4.90 Å². The SMILES string of the molecule is CCC(CCC(C)=O)N1CCCCC1. The van der Waals surface area contributed by atoms with Gasteiger partial charge in [-0.15, -0.1) is 0 Å². The van der Waals surface area contributed by atoms with Crippen molar-refractivity contribution < 1.29 is 4.79 Å². The molecule has 1 aliphatic heterocycles. The van der Waals surface area contributed by atoms with E-state index in [1.807, 2.05) is 0 Å². The summed E-state index contributed by atoms with van der Waals surface area (Å²) in [6.07, 6.45) is 7.08. The Morgan fingerprint density at radius 1 is 1.29 bits per heavy atom. The summed E-state index contributed by atoms with van der Waals surface area (Å²) in [4.78, 5) is 13.5. The van der Waals surface area contributed by atoms with E-state index >= 15 is 0 Å². The molecule has 82 valence electrons. The Kier molecular flexibility index (Phi) is 5.16. The van der Waals surface area contributed by atoms with Gasteiger partial charge in [-0.3, -0.25) is 0 Å². The van der Waals surface area contributed by atoms with Gasteiger partial charge in [0.2, 0.25) is 0 Å². The molecular weight excluding hydrogens is 174 g/mol. The Hall–Kier alpha value is -0.370. The zero-order valence-corrected chi connectivity index (χ0v) is 9.59. The standard InChI is InChI=1S/C12H23NO/c1-3-12(8-7-11(2)14)13-9-5-4-6-10-13/h12H,3-10H2,1-2H3. The molecule has 0 spiro atoms. The van der Waals surface area contributed by atoms with Crippen LogP contribution in [0.5, 0.6) is 0 Å². The number of carbonyl (C=O) groups excluding carboxylic acids is 1. The minimum absolute atomic E-state index is 0.334. The topological polar surface area (TPSA) is 20.3 Å². The van der Waals surface area contributed by atoms with Crippen LogP contribution >= 0.6 is 0 Å². The van der Waals surface area contributed by atoms with Gasteiger partial charge in [-0.1, -0.05) is 13.3 Å². The summed E-state index contributed by atoms with van der Waals surface area (Å²) in [5.74, 6) is 0.334. The van der Waals surface area contributed by atoms with Gasteiger partial charge < -0.3 is 9.69 Å². The minimum atomic E-state index is 0.334. The Balaban J connectivity index is 2.31. The maximum atomic E-state index is 10.9. The van der Waals surface area contributed by atoms with Crippen molar-refractivity contribution >= 4 is 5.78 Å². The summed E-state index contributed by atoms with van der Waals surface area (Å²) in [5.41, 5.74) is 0. The Morgan fingerprint density at radius 3 is 2.43 bits per heavy atom. The first-order chi connectivity index (χ1) is 6.74. The minimum Gasteiger partial charge on any atom is -0.300 e. The van der Waals surface area contributed by atoms with Crippen LogP contribution in [0.3, 0.4) is 0 Å². The first-order valence-electron chi connectivity index (χ1n) is 5.97. The molecule has 14 heavy (non-hydrogen) atoms. The first kappa shape index (κ1) is 11.7. The Bertz CT molecular complexity index is 173. The van der Waals surface area contributed by atoms with E-state index in [-0.39, 0.29) is 0 Å². The molecule has 1 atom stereocenters. The van der Waals surface area contributed by atoms with Gasteiger partial charge in [0.05, 0.1) is 0 Å². The molecular formula is C12H23NO. The van der Waals surface area contributed by atoms with E-state index in [9.17, 15) is 4.79 Å². The highest BCUT2D eigenvalue weighted by Gasteiger charge is 2.18. The second-order valence-corrected chi connectivity index (χ2v) is 4.40. The number of piperidine rings is 1. The fourth-order valence-electron chi connectivity index (χ4n) is 2.30. The number of nitrogens with zero attached hydrogens (tertiary/aromatic N) is 1. The predicted molar refractivity (Wildman–Crippen MR) is 59.4 cm³/mol. The lowest BCUT2D eigenvalue weighted by Crippen LogP contribution is -2.39. The maximum Gasteiger partial charge on any atom is 0.129 e. The molecule has 0 aliphatic carbocycles. The van der Waals surface area contributed by atoms with Gasteiger partial charge in [0.1, 0.15) is 5.78 Å². The van der Waals surface area contributed by atoms with Crippen LogP contribution in [-0.2, 0) is 4.79 Å². The van der Waals surface area contributed by atoms with E-state index < -0.39 is 0 Å².